The number of hydrogen-bond acceptors (Lipinski definition) is 6. The lowest BCUT2D eigenvalue weighted by atomic mass is 10.0. The Morgan fingerprint density at radius 1 is 1.13 bits per heavy atom. The molecule has 1 heterocycles. The lowest BCUT2D eigenvalue weighted by Gasteiger charge is -2.22. The fourth-order valence-electron chi connectivity index (χ4n) is 1.99. The van der Waals surface area contributed by atoms with Crippen molar-refractivity contribution in [3.63, 3.8) is 0 Å². The third-order valence-corrected chi connectivity index (χ3v) is 5.88. The zero-order valence-corrected chi connectivity index (χ0v) is 14.3. The van der Waals surface area contributed by atoms with Crippen LogP contribution in [0.25, 0.3) is 0 Å². The molecule has 0 aliphatic carbocycles. The van der Waals surface area contributed by atoms with Crippen LogP contribution in [-0.2, 0) is 9.84 Å². The summed E-state index contributed by atoms with van der Waals surface area (Å²) in [6.45, 7) is 4.73. The Kier molecular flexibility index (Phi) is 4.72. The molecule has 0 saturated carbocycles. The Bertz CT molecular complexity index is 783. The summed E-state index contributed by atoms with van der Waals surface area (Å²) in [5, 5.41) is 18.0. The van der Waals surface area contributed by atoms with Gasteiger partial charge in [-0.3, -0.25) is 0 Å². The molecule has 2 rings (SSSR count). The van der Waals surface area contributed by atoms with Crippen LogP contribution in [0, 0.1) is 0 Å². The van der Waals surface area contributed by atoms with Gasteiger partial charge in [-0.05, 0) is 26.3 Å². The van der Waals surface area contributed by atoms with Crippen LogP contribution in [0.2, 0.25) is 0 Å². The van der Waals surface area contributed by atoms with E-state index in [9.17, 15) is 13.5 Å². The van der Waals surface area contributed by atoms with E-state index < -0.39 is 20.7 Å². The molecule has 124 valence electrons. The third kappa shape index (κ3) is 3.35. The minimum atomic E-state index is -3.77. The highest BCUT2D eigenvalue weighted by Gasteiger charge is 2.36. The number of hydrogen-bond donors (Lipinski definition) is 1. The number of sulfone groups is 1. The van der Waals surface area contributed by atoms with Crippen LogP contribution in [0.3, 0.4) is 0 Å². The van der Waals surface area contributed by atoms with Crippen molar-refractivity contribution in [2.75, 3.05) is 7.11 Å². The first-order chi connectivity index (χ1) is 10.7. The summed E-state index contributed by atoms with van der Waals surface area (Å²) in [6.07, 6.45) is -1.15. The van der Waals surface area contributed by atoms with Crippen molar-refractivity contribution < 1.29 is 18.3 Å². The van der Waals surface area contributed by atoms with Crippen LogP contribution in [0.15, 0.2) is 41.4 Å². The van der Waals surface area contributed by atoms with Gasteiger partial charge in [-0.1, -0.05) is 30.3 Å². The van der Waals surface area contributed by atoms with Gasteiger partial charge in [0, 0.05) is 11.6 Å². The second kappa shape index (κ2) is 6.25. The maximum Gasteiger partial charge on any atom is 0.233 e. The number of methoxy groups -OCH3 is 1. The van der Waals surface area contributed by atoms with Gasteiger partial charge in [-0.2, -0.15) is 0 Å². The molecule has 0 aliphatic heterocycles. The number of aromatic nitrogens is 2. The number of aliphatic hydroxyl groups excluding tert-OH is 1. The Morgan fingerprint density at radius 2 is 1.74 bits per heavy atom. The molecule has 0 amide bonds. The van der Waals surface area contributed by atoms with Crippen LogP contribution >= 0.6 is 0 Å². The second-order valence-corrected chi connectivity index (χ2v) is 8.69. The molecule has 0 saturated heterocycles. The van der Waals surface area contributed by atoms with Gasteiger partial charge in [0.1, 0.15) is 6.10 Å². The average Bonchev–Trinajstić information content (AvgIpc) is 2.53. The van der Waals surface area contributed by atoms with E-state index in [4.69, 9.17) is 4.74 Å². The fraction of sp³-hybridized carbons (Fsp3) is 0.375. The molecule has 1 atom stereocenters. The van der Waals surface area contributed by atoms with E-state index in [0.717, 1.165) is 0 Å². The summed E-state index contributed by atoms with van der Waals surface area (Å²) in [5.41, 5.74) is 0.714. The van der Waals surface area contributed by atoms with Crippen LogP contribution in [0.4, 0.5) is 0 Å². The Hall–Kier alpha value is -1.99. The van der Waals surface area contributed by atoms with Crippen molar-refractivity contribution >= 4 is 9.84 Å². The maximum absolute atomic E-state index is 12.8. The minimum Gasteiger partial charge on any atom is -0.480 e. The molecule has 7 heteroatoms. The molecule has 2 aromatic rings. The number of benzene rings is 1. The molecule has 0 spiro atoms. The smallest absolute Gasteiger partial charge is 0.233 e. The SMILES string of the molecule is COc1cc(C(O)c2ccccc2)c(S(=O)(=O)C(C)(C)C)nn1. The van der Waals surface area contributed by atoms with Gasteiger partial charge in [0.15, 0.2) is 5.03 Å². The van der Waals surface area contributed by atoms with Crippen LogP contribution in [0.1, 0.15) is 38.0 Å². The average molecular weight is 336 g/mol. The van der Waals surface area contributed by atoms with Crippen molar-refractivity contribution in [1.29, 1.82) is 0 Å². The molecular formula is C16H20N2O4S. The maximum atomic E-state index is 12.8. The quantitative estimate of drug-likeness (QED) is 0.920. The first-order valence-electron chi connectivity index (χ1n) is 7.07. The van der Waals surface area contributed by atoms with Crippen LogP contribution in [-0.4, -0.2) is 35.6 Å². The van der Waals surface area contributed by atoms with E-state index in [-0.39, 0.29) is 16.5 Å². The summed E-state index contributed by atoms with van der Waals surface area (Å²) in [6, 6.07) is 10.2. The van der Waals surface area contributed by atoms with Gasteiger partial charge in [0.05, 0.1) is 11.9 Å². The Labute approximate surface area is 136 Å². The topological polar surface area (TPSA) is 89.4 Å². The molecule has 0 radical (unpaired) electrons. The van der Waals surface area contributed by atoms with Gasteiger partial charge in [-0.15, -0.1) is 10.2 Å². The molecule has 23 heavy (non-hydrogen) atoms. The summed E-state index contributed by atoms with van der Waals surface area (Å²) in [5.74, 6) is 0.142. The van der Waals surface area contributed by atoms with E-state index in [0.29, 0.717) is 5.56 Å². The zero-order valence-electron chi connectivity index (χ0n) is 13.5. The van der Waals surface area contributed by atoms with E-state index in [1.807, 2.05) is 6.07 Å². The first kappa shape index (κ1) is 17.4. The number of aliphatic hydroxyl groups is 1. The largest absolute Gasteiger partial charge is 0.480 e. The number of rotatable bonds is 4. The van der Waals surface area contributed by atoms with Crippen LogP contribution in [0.5, 0.6) is 5.88 Å². The van der Waals surface area contributed by atoms with E-state index in [1.54, 1.807) is 45.0 Å². The summed E-state index contributed by atoms with van der Waals surface area (Å²) in [7, 11) is -2.37. The first-order valence-corrected chi connectivity index (χ1v) is 8.56. The molecule has 1 aromatic heterocycles. The van der Waals surface area contributed by atoms with Crippen molar-refractivity contribution in [1.82, 2.24) is 10.2 Å². The highest BCUT2D eigenvalue weighted by molar-refractivity contribution is 7.92. The van der Waals surface area contributed by atoms with Crippen molar-refractivity contribution in [3.05, 3.63) is 47.5 Å². The lowest BCUT2D eigenvalue weighted by molar-refractivity contribution is 0.214. The van der Waals surface area contributed by atoms with Gasteiger partial charge < -0.3 is 9.84 Å². The molecule has 0 bridgehead atoms. The van der Waals surface area contributed by atoms with E-state index in [1.165, 1.54) is 13.2 Å². The van der Waals surface area contributed by atoms with Gasteiger partial charge in [0.2, 0.25) is 15.7 Å². The van der Waals surface area contributed by atoms with E-state index in [2.05, 4.69) is 10.2 Å². The van der Waals surface area contributed by atoms with Gasteiger partial charge in [0.25, 0.3) is 0 Å². The standard InChI is InChI=1S/C16H20N2O4S/c1-16(2,3)23(20,21)15-12(10-13(22-4)17-18-15)14(19)11-8-6-5-7-9-11/h5-10,14,19H,1-4H3. The summed E-state index contributed by atoms with van der Waals surface area (Å²) in [4.78, 5) is 0. The van der Waals surface area contributed by atoms with Crippen molar-refractivity contribution in [2.24, 2.45) is 0 Å². The highest BCUT2D eigenvalue weighted by Crippen LogP contribution is 2.32. The Balaban J connectivity index is 2.66. The number of nitrogens with zero attached hydrogens (tertiary/aromatic N) is 2. The zero-order chi connectivity index (χ0) is 17.3. The van der Waals surface area contributed by atoms with Crippen molar-refractivity contribution in [3.8, 4) is 5.88 Å². The van der Waals surface area contributed by atoms with Gasteiger partial charge in [-0.25, -0.2) is 8.42 Å². The molecule has 6 nitrogen and oxygen atoms in total. The second-order valence-electron chi connectivity index (χ2n) is 6.08. The molecule has 1 unspecified atom stereocenters. The molecule has 1 aromatic carbocycles. The summed E-state index contributed by atoms with van der Waals surface area (Å²) < 4.78 is 29.5. The normalized spacial score (nSPS) is 13.6. The highest BCUT2D eigenvalue weighted by atomic mass is 32.2. The monoisotopic (exact) mass is 336 g/mol. The van der Waals surface area contributed by atoms with Crippen LogP contribution < -0.4 is 4.74 Å². The molecule has 1 N–H and O–H groups in total. The predicted octanol–water partition coefficient (Wildman–Crippen LogP) is 2.14. The number of ether oxygens (including phenoxy) is 1. The molecular weight excluding hydrogens is 316 g/mol. The van der Waals surface area contributed by atoms with Gasteiger partial charge >= 0.3 is 0 Å². The molecule has 0 aliphatic rings. The van der Waals surface area contributed by atoms with E-state index >= 15 is 0 Å². The third-order valence-electron chi connectivity index (χ3n) is 3.45. The minimum absolute atomic E-state index is 0.142. The summed E-state index contributed by atoms with van der Waals surface area (Å²) >= 11 is 0. The molecule has 0 fully saturated rings. The Morgan fingerprint density at radius 3 is 2.26 bits per heavy atom. The fourth-order valence-corrected chi connectivity index (χ4v) is 3.19. The van der Waals surface area contributed by atoms with Crippen molar-refractivity contribution in [2.45, 2.75) is 36.6 Å². The predicted molar refractivity (Wildman–Crippen MR) is 86.0 cm³/mol. The lowest BCUT2D eigenvalue weighted by Crippen LogP contribution is -2.30.